The van der Waals surface area contributed by atoms with Crippen LogP contribution in [-0.4, -0.2) is 64.8 Å². The minimum absolute atomic E-state index is 0.0793. The van der Waals surface area contributed by atoms with Gasteiger partial charge in [0.05, 0.1) is 5.92 Å². The maximum Gasteiger partial charge on any atom is 0.407 e. The lowest BCUT2D eigenvalue weighted by molar-refractivity contribution is -0.164. The van der Waals surface area contributed by atoms with Gasteiger partial charge in [0.1, 0.15) is 5.60 Å². The number of esters is 1. The van der Waals surface area contributed by atoms with Crippen molar-refractivity contribution in [2.24, 2.45) is 5.92 Å². The van der Waals surface area contributed by atoms with E-state index in [-0.39, 0.29) is 17.9 Å². The van der Waals surface area contributed by atoms with Gasteiger partial charge in [0.15, 0.2) is 0 Å². The molecule has 1 saturated carbocycles. The molecule has 0 aromatic rings. The normalized spacial score (nSPS) is 27.5. The maximum atomic E-state index is 12.5. The Balaban J connectivity index is 1.98. The molecule has 2 rings (SSSR count). The molecule has 22 heavy (non-hydrogen) atoms. The number of amides is 1. The van der Waals surface area contributed by atoms with Gasteiger partial charge in [-0.2, -0.15) is 0 Å². The van der Waals surface area contributed by atoms with Crippen molar-refractivity contribution in [3.63, 3.8) is 0 Å². The highest BCUT2D eigenvalue weighted by Gasteiger charge is 2.38. The highest BCUT2D eigenvalue weighted by molar-refractivity contribution is 5.74. The standard InChI is InChI=1S/C16H28N2O4/c1-16(2,3)22-14(19)12-6-4-5-7-13(12)17-8-10-18(11-9-17)15(20)21/h12-13H,4-11H2,1-3H3,(H,20,21)/t12-,13-/m1/s1. The summed E-state index contributed by atoms with van der Waals surface area (Å²) in [4.78, 5) is 27.2. The van der Waals surface area contributed by atoms with Crippen molar-refractivity contribution < 1.29 is 19.4 Å². The van der Waals surface area contributed by atoms with Crippen molar-refractivity contribution in [1.29, 1.82) is 0 Å². The molecule has 0 unspecified atom stereocenters. The zero-order valence-electron chi connectivity index (χ0n) is 13.9. The smallest absolute Gasteiger partial charge is 0.407 e. The second-order valence-corrected chi connectivity index (χ2v) is 7.30. The number of nitrogens with zero attached hydrogens (tertiary/aromatic N) is 2. The fraction of sp³-hybridized carbons (Fsp3) is 0.875. The van der Waals surface area contributed by atoms with Crippen LogP contribution in [0.4, 0.5) is 4.79 Å². The summed E-state index contributed by atoms with van der Waals surface area (Å²) in [5.41, 5.74) is -0.457. The van der Waals surface area contributed by atoms with Gasteiger partial charge in [0.2, 0.25) is 0 Å². The molecule has 126 valence electrons. The van der Waals surface area contributed by atoms with Gasteiger partial charge in [-0.05, 0) is 33.6 Å². The van der Waals surface area contributed by atoms with E-state index >= 15 is 0 Å². The lowest BCUT2D eigenvalue weighted by Gasteiger charge is -2.43. The zero-order chi connectivity index (χ0) is 16.3. The first-order valence-electron chi connectivity index (χ1n) is 8.23. The monoisotopic (exact) mass is 312 g/mol. The van der Waals surface area contributed by atoms with Gasteiger partial charge in [-0.25, -0.2) is 4.79 Å². The van der Waals surface area contributed by atoms with Gasteiger partial charge < -0.3 is 14.7 Å². The third-order valence-corrected chi connectivity index (χ3v) is 4.49. The van der Waals surface area contributed by atoms with Crippen LogP contribution < -0.4 is 0 Å². The molecule has 1 saturated heterocycles. The van der Waals surface area contributed by atoms with Crippen LogP contribution in [0.3, 0.4) is 0 Å². The number of ether oxygens (including phenoxy) is 1. The number of rotatable bonds is 2. The van der Waals surface area contributed by atoms with E-state index in [1.54, 1.807) is 0 Å². The van der Waals surface area contributed by atoms with E-state index in [0.717, 1.165) is 25.7 Å². The Morgan fingerprint density at radius 3 is 2.18 bits per heavy atom. The van der Waals surface area contributed by atoms with E-state index in [4.69, 9.17) is 9.84 Å². The average Bonchev–Trinajstić information content (AvgIpc) is 2.45. The fourth-order valence-electron chi connectivity index (χ4n) is 3.45. The average molecular weight is 312 g/mol. The SMILES string of the molecule is CC(C)(C)OC(=O)[C@@H]1CCCC[C@H]1N1CCN(C(=O)O)CC1. The summed E-state index contributed by atoms with van der Waals surface area (Å²) in [6, 6.07) is 0.194. The van der Waals surface area contributed by atoms with Crippen molar-refractivity contribution in [3.05, 3.63) is 0 Å². The molecule has 1 aliphatic carbocycles. The number of hydrogen-bond donors (Lipinski definition) is 1. The molecule has 1 heterocycles. The summed E-state index contributed by atoms with van der Waals surface area (Å²) in [6.45, 7) is 8.14. The van der Waals surface area contributed by atoms with Gasteiger partial charge in [-0.3, -0.25) is 9.69 Å². The van der Waals surface area contributed by atoms with Gasteiger partial charge in [-0.15, -0.1) is 0 Å². The molecule has 2 atom stereocenters. The molecule has 2 aliphatic rings. The van der Waals surface area contributed by atoms with Crippen LogP contribution in [0.2, 0.25) is 0 Å². The maximum absolute atomic E-state index is 12.5. The number of hydrogen-bond acceptors (Lipinski definition) is 4. The van der Waals surface area contributed by atoms with Crippen LogP contribution in [0.15, 0.2) is 0 Å². The van der Waals surface area contributed by atoms with Crippen LogP contribution in [-0.2, 0) is 9.53 Å². The molecule has 0 aromatic heterocycles. The predicted molar refractivity (Wildman–Crippen MR) is 82.8 cm³/mol. The van der Waals surface area contributed by atoms with Crippen LogP contribution in [0, 0.1) is 5.92 Å². The quantitative estimate of drug-likeness (QED) is 0.791. The Morgan fingerprint density at radius 2 is 1.64 bits per heavy atom. The second kappa shape index (κ2) is 6.86. The molecule has 1 amide bonds. The Kier molecular flexibility index (Phi) is 5.32. The summed E-state index contributed by atoms with van der Waals surface area (Å²) >= 11 is 0. The third kappa shape index (κ3) is 4.35. The molecule has 0 bridgehead atoms. The minimum Gasteiger partial charge on any atom is -0.465 e. The van der Waals surface area contributed by atoms with Gasteiger partial charge >= 0.3 is 12.1 Å². The molecule has 1 aliphatic heterocycles. The lowest BCUT2D eigenvalue weighted by atomic mass is 9.83. The fourth-order valence-corrected chi connectivity index (χ4v) is 3.45. The molecular formula is C16H28N2O4. The summed E-state index contributed by atoms with van der Waals surface area (Å²) in [5.74, 6) is -0.179. The molecule has 0 aromatic carbocycles. The topological polar surface area (TPSA) is 70.1 Å². The first-order valence-corrected chi connectivity index (χ1v) is 8.23. The van der Waals surface area contributed by atoms with Crippen molar-refractivity contribution >= 4 is 12.1 Å². The Morgan fingerprint density at radius 1 is 1.05 bits per heavy atom. The highest BCUT2D eigenvalue weighted by Crippen LogP contribution is 2.31. The van der Waals surface area contributed by atoms with E-state index in [1.807, 2.05) is 20.8 Å². The third-order valence-electron chi connectivity index (χ3n) is 4.49. The van der Waals surface area contributed by atoms with E-state index in [2.05, 4.69) is 4.90 Å². The van der Waals surface area contributed by atoms with Crippen LogP contribution in [0.1, 0.15) is 46.5 Å². The molecule has 6 heteroatoms. The van der Waals surface area contributed by atoms with Crippen molar-refractivity contribution in [2.75, 3.05) is 26.2 Å². The molecule has 1 N–H and O–H groups in total. The van der Waals surface area contributed by atoms with E-state index in [1.165, 1.54) is 4.90 Å². The number of carbonyl (C=O) groups is 2. The minimum atomic E-state index is -0.855. The summed E-state index contributed by atoms with van der Waals surface area (Å²) in [6.07, 6.45) is 3.21. The van der Waals surface area contributed by atoms with Crippen LogP contribution >= 0.6 is 0 Å². The second-order valence-electron chi connectivity index (χ2n) is 7.30. The Bertz CT molecular complexity index is 411. The van der Waals surface area contributed by atoms with E-state index in [0.29, 0.717) is 26.2 Å². The summed E-state index contributed by atoms with van der Waals surface area (Å²) < 4.78 is 5.59. The first-order chi connectivity index (χ1) is 10.3. The van der Waals surface area contributed by atoms with Crippen molar-refractivity contribution in [3.8, 4) is 0 Å². The molecule has 0 radical (unpaired) electrons. The largest absolute Gasteiger partial charge is 0.465 e. The molecule has 0 spiro atoms. The first kappa shape index (κ1) is 17.1. The molecule has 6 nitrogen and oxygen atoms in total. The number of piperazine rings is 1. The summed E-state index contributed by atoms with van der Waals surface area (Å²) in [7, 11) is 0. The Hall–Kier alpha value is -1.30. The van der Waals surface area contributed by atoms with Gasteiger partial charge in [-0.1, -0.05) is 12.8 Å². The van der Waals surface area contributed by atoms with Gasteiger partial charge in [0.25, 0.3) is 0 Å². The van der Waals surface area contributed by atoms with Crippen LogP contribution in [0.25, 0.3) is 0 Å². The van der Waals surface area contributed by atoms with Crippen molar-refractivity contribution in [2.45, 2.75) is 58.1 Å². The van der Waals surface area contributed by atoms with Gasteiger partial charge in [0, 0.05) is 32.2 Å². The zero-order valence-corrected chi connectivity index (χ0v) is 13.9. The van der Waals surface area contributed by atoms with Crippen LogP contribution in [0.5, 0.6) is 0 Å². The number of carbonyl (C=O) groups excluding carboxylic acids is 1. The number of carboxylic acid groups (broad SMARTS) is 1. The molecular weight excluding hydrogens is 284 g/mol. The lowest BCUT2D eigenvalue weighted by Crippen LogP contribution is -2.55. The van der Waals surface area contributed by atoms with E-state index < -0.39 is 11.7 Å². The Labute approximate surface area is 132 Å². The van der Waals surface area contributed by atoms with Crippen molar-refractivity contribution in [1.82, 2.24) is 9.80 Å². The molecule has 2 fully saturated rings. The predicted octanol–water partition coefficient (Wildman–Crippen LogP) is 2.18. The summed E-state index contributed by atoms with van der Waals surface area (Å²) in [5, 5.41) is 9.04. The highest BCUT2D eigenvalue weighted by atomic mass is 16.6. The van der Waals surface area contributed by atoms with E-state index in [9.17, 15) is 9.59 Å².